The van der Waals surface area contributed by atoms with Crippen molar-refractivity contribution in [2.75, 3.05) is 17.2 Å². The van der Waals surface area contributed by atoms with Crippen LogP contribution in [0.15, 0.2) is 0 Å². The van der Waals surface area contributed by atoms with Crippen LogP contribution in [0.1, 0.15) is 65.3 Å². The van der Waals surface area contributed by atoms with E-state index < -0.39 is 0 Å². The van der Waals surface area contributed by atoms with Gasteiger partial charge in [0, 0.05) is 24.1 Å². The monoisotopic (exact) mass is 278 g/mol. The van der Waals surface area contributed by atoms with E-state index in [0.717, 1.165) is 36.0 Å². The molecular weight excluding hydrogens is 248 g/mol. The molecule has 0 saturated carbocycles. The van der Waals surface area contributed by atoms with Crippen LogP contribution in [0.5, 0.6) is 0 Å². The largest absolute Gasteiger partial charge is 0.370 e. The minimum absolute atomic E-state index is 0.327. The molecule has 1 unspecified atom stereocenters. The van der Waals surface area contributed by atoms with Gasteiger partial charge in [-0.3, -0.25) is 0 Å². The van der Waals surface area contributed by atoms with Crippen LogP contribution >= 0.6 is 0 Å². The zero-order valence-electron chi connectivity index (χ0n) is 14.0. The molecule has 2 N–H and O–H groups in total. The van der Waals surface area contributed by atoms with Crippen molar-refractivity contribution in [3.05, 3.63) is 11.4 Å². The van der Waals surface area contributed by atoms with E-state index in [9.17, 15) is 0 Å². The Labute approximate surface area is 123 Å². The van der Waals surface area contributed by atoms with Crippen LogP contribution in [-0.4, -0.2) is 22.6 Å². The summed E-state index contributed by atoms with van der Waals surface area (Å²) in [6, 6.07) is 0.443. The van der Waals surface area contributed by atoms with E-state index in [4.69, 9.17) is 4.98 Å². The molecule has 0 saturated heterocycles. The van der Waals surface area contributed by atoms with Gasteiger partial charge in [0.15, 0.2) is 0 Å². The molecule has 1 aromatic heterocycles. The fourth-order valence-electron chi connectivity index (χ4n) is 2.19. The molecule has 0 aromatic carbocycles. The molecular formula is C16H30N4. The Morgan fingerprint density at radius 3 is 2.05 bits per heavy atom. The summed E-state index contributed by atoms with van der Waals surface area (Å²) in [6.07, 6.45) is 1.09. The molecule has 0 aliphatic rings. The maximum atomic E-state index is 4.72. The number of hydrogen-bond acceptors (Lipinski definition) is 4. The molecule has 4 nitrogen and oxygen atoms in total. The second-order valence-electron chi connectivity index (χ2n) is 5.99. The summed E-state index contributed by atoms with van der Waals surface area (Å²) in [6.45, 7) is 16.0. The van der Waals surface area contributed by atoms with Gasteiger partial charge in [-0.1, -0.05) is 34.6 Å². The molecule has 0 spiro atoms. The lowest BCUT2D eigenvalue weighted by atomic mass is 10.0. The van der Waals surface area contributed by atoms with Gasteiger partial charge in [-0.25, -0.2) is 9.97 Å². The standard InChI is InChI=1S/C16H30N4/c1-8-13(10(3)4)18-16-12(7)15(17-9-2)19-14(20-16)11(5)6/h10-11,13H,8-9H2,1-7H3,(H2,17,18,19,20). The molecule has 114 valence electrons. The summed E-state index contributed by atoms with van der Waals surface area (Å²) in [5.74, 6) is 3.73. The maximum absolute atomic E-state index is 4.72. The zero-order valence-corrected chi connectivity index (χ0v) is 14.0. The molecule has 4 heteroatoms. The van der Waals surface area contributed by atoms with Crippen LogP contribution in [0.3, 0.4) is 0 Å². The van der Waals surface area contributed by atoms with Crippen molar-refractivity contribution in [3.63, 3.8) is 0 Å². The van der Waals surface area contributed by atoms with Crippen LogP contribution in [-0.2, 0) is 0 Å². The molecule has 1 rings (SSSR count). The first kappa shape index (κ1) is 16.7. The molecule has 0 amide bonds. The quantitative estimate of drug-likeness (QED) is 0.785. The Kier molecular flexibility index (Phi) is 6.24. The first-order valence-electron chi connectivity index (χ1n) is 7.79. The molecule has 1 aromatic rings. The number of nitrogens with zero attached hydrogens (tertiary/aromatic N) is 2. The van der Waals surface area contributed by atoms with Gasteiger partial charge < -0.3 is 10.6 Å². The highest BCUT2D eigenvalue weighted by Crippen LogP contribution is 2.25. The number of hydrogen-bond donors (Lipinski definition) is 2. The molecule has 20 heavy (non-hydrogen) atoms. The lowest BCUT2D eigenvalue weighted by Gasteiger charge is -2.24. The van der Waals surface area contributed by atoms with Crippen LogP contribution in [0.4, 0.5) is 11.6 Å². The first-order chi connectivity index (χ1) is 9.40. The highest BCUT2D eigenvalue weighted by atomic mass is 15.1. The first-order valence-corrected chi connectivity index (χ1v) is 7.79. The van der Waals surface area contributed by atoms with E-state index in [0.29, 0.717) is 17.9 Å². The Bertz CT molecular complexity index is 427. The molecule has 0 aliphatic heterocycles. The minimum Gasteiger partial charge on any atom is -0.370 e. The predicted octanol–water partition coefficient (Wildman–Crippen LogP) is 4.19. The number of anilines is 2. The Morgan fingerprint density at radius 2 is 1.60 bits per heavy atom. The van der Waals surface area contributed by atoms with Crippen molar-refractivity contribution in [2.24, 2.45) is 5.92 Å². The number of rotatable bonds is 7. The average molecular weight is 278 g/mol. The number of nitrogens with one attached hydrogen (secondary N) is 2. The average Bonchev–Trinajstić information content (AvgIpc) is 2.39. The predicted molar refractivity (Wildman–Crippen MR) is 87.6 cm³/mol. The Balaban J connectivity index is 3.15. The van der Waals surface area contributed by atoms with Gasteiger partial charge in [-0.2, -0.15) is 0 Å². The normalized spacial score (nSPS) is 12.8. The summed E-state index contributed by atoms with van der Waals surface area (Å²) >= 11 is 0. The summed E-state index contributed by atoms with van der Waals surface area (Å²) < 4.78 is 0. The van der Waals surface area contributed by atoms with E-state index in [-0.39, 0.29) is 0 Å². The van der Waals surface area contributed by atoms with Crippen LogP contribution in [0, 0.1) is 12.8 Å². The van der Waals surface area contributed by atoms with Gasteiger partial charge >= 0.3 is 0 Å². The molecule has 0 aliphatic carbocycles. The topological polar surface area (TPSA) is 49.8 Å². The summed E-state index contributed by atoms with van der Waals surface area (Å²) in [7, 11) is 0. The van der Waals surface area contributed by atoms with Crippen molar-refractivity contribution in [3.8, 4) is 0 Å². The Hall–Kier alpha value is -1.32. The van der Waals surface area contributed by atoms with Gasteiger partial charge in [-0.05, 0) is 26.2 Å². The van der Waals surface area contributed by atoms with Crippen molar-refractivity contribution in [2.45, 2.75) is 66.8 Å². The summed E-state index contributed by atoms with van der Waals surface area (Å²) in [5, 5.41) is 6.94. The van der Waals surface area contributed by atoms with Crippen LogP contribution in [0.2, 0.25) is 0 Å². The van der Waals surface area contributed by atoms with Gasteiger partial charge in [0.05, 0.1) is 0 Å². The second kappa shape index (κ2) is 7.46. The summed E-state index contributed by atoms with van der Waals surface area (Å²) in [5.41, 5.74) is 1.11. The third kappa shape index (κ3) is 4.09. The van der Waals surface area contributed by atoms with Gasteiger partial charge in [0.25, 0.3) is 0 Å². The Morgan fingerprint density at radius 1 is 1.00 bits per heavy atom. The lowest BCUT2D eigenvalue weighted by Crippen LogP contribution is -2.26. The SMILES string of the molecule is CCNc1nc(C(C)C)nc(NC(CC)C(C)C)c1C. The fraction of sp³-hybridized carbons (Fsp3) is 0.750. The maximum Gasteiger partial charge on any atom is 0.135 e. The van der Waals surface area contributed by atoms with Crippen LogP contribution in [0.25, 0.3) is 0 Å². The molecule has 0 bridgehead atoms. The molecule has 0 fully saturated rings. The van der Waals surface area contributed by atoms with Crippen molar-refractivity contribution in [1.29, 1.82) is 0 Å². The van der Waals surface area contributed by atoms with Crippen molar-refractivity contribution >= 4 is 11.6 Å². The second-order valence-corrected chi connectivity index (χ2v) is 5.99. The van der Waals surface area contributed by atoms with E-state index in [1.807, 2.05) is 0 Å². The summed E-state index contributed by atoms with van der Waals surface area (Å²) in [4.78, 5) is 9.36. The molecule has 1 heterocycles. The highest BCUT2D eigenvalue weighted by molar-refractivity contribution is 5.57. The van der Waals surface area contributed by atoms with E-state index in [2.05, 4.69) is 64.1 Å². The van der Waals surface area contributed by atoms with Crippen molar-refractivity contribution in [1.82, 2.24) is 9.97 Å². The third-order valence-corrected chi connectivity index (χ3v) is 3.59. The third-order valence-electron chi connectivity index (χ3n) is 3.59. The minimum atomic E-state index is 0.327. The highest BCUT2D eigenvalue weighted by Gasteiger charge is 2.17. The lowest BCUT2D eigenvalue weighted by molar-refractivity contribution is 0.509. The molecule has 0 radical (unpaired) electrons. The zero-order chi connectivity index (χ0) is 15.3. The van der Waals surface area contributed by atoms with Gasteiger partial charge in [-0.15, -0.1) is 0 Å². The van der Waals surface area contributed by atoms with E-state index in [1.54, 1.807) is 0 Å². The molecule has 1 atom stereocenters. The van der Waals surface area contributed by atoms with E-state index >= 15 is 0 Å². The number of aromatic nitrogens is 2. The fourth-order valence-corrected chi connectivity index (χ4v) is 2.19. The van der Waals surface area contributed by atoms with Crippen molar-refractivity contribution < 1.29 is 0 Å². The van der Waals surface area contributed by atoms with E-state index in [1.165, 1.54) is 0 Å². The van der Waals surface area contributed by atoms with Crippen LogP contribution < -0.4 is 10.6 Å². The van der Waals surface area contributed by atoms with Gasteiger partial charge in [0.2, 0.25) is 0 Å². The van der Waals surface area contributed by atoms with Gasteiger partial charge in [0.1, 0.15) is 17.5 Å². The smallest absolute Gasteiger partial charge is 0.135 e.